The molecule has 1 heterocycles. The number of nitrogens with zero attached hydrogens (tertiary/aromatic N) is 1. The fourth-order valence-electron chi connectivity index (χ4n) is 2.28. The standard InChI is InChI=1S/C15H25NO4/c1-11(13(17)18)7-8-12-6-5-9-16(10-12)14(19)20-15(2,3)4/h12H,1,5-10H2,2-4H3,(H,17,18). The van der Waals surface area contributed by atoms with Crippen LogP contribution in [0.25, 0.3) is 0 Å². The van der Waals surface area contributed by atoms with Gasteiger partial charge in [0.25, 0.3) is 0 Å². The van der Waals surface area contributed by atoms with E-state index in [9.17, 15) is 9.59 Å². The number of likely N-dealkylation sites (tertiary alicyclic amines) is 1. The Morgan fingerprint density at radius 2 is 2.05 bits per heavy atom. The van der Waals surface area contributed by atoms with Crippen molar-refractivity contribution < 1.29 is 19.4 Å². The van der Waals surface area contributed by atoms with E-state index < -0.39 is 11.6 Å². The number of rotatable bonds is 4. The maximum absolute atomic E-state index is 12.0. The summed E-state index contributed by atoms with van der Waals surface area (Å²) in [7, 11) is 0. The molecule has 0 bridgehead atoms. The molecule has 0 saturated carbocycles. The molecule has 0 aromatic heterocycles. The summed E-state index contributed by atoms with van der Waals surface area (Å²) in [4.78, 5) is 24.4. The molecule has 1 saturated heterocycles. The highest BCUT2D eigenvalue weighted by Gasteiger charge is 2.27. The minimum Gasteiger partial charge on any atom is -0.478 e. The minimum atomic E-state index is -0.940. The van der Waals surface area contributed by atoms with Crippen LogP contribution in [0.4, 0.5) is 4.79 Å². The van der Waals surface area contributed by atoms with Crippen molar-refractivity contribution in [2.75, 3.05) is 13.1 Å². The van der Waals surface area contributed by atoms with E-state index in [2.05, 4.69) is 6.58 Å². The Bertz CT molecular complexity index is 384. The molecule has 1 fully saturated rings. The van der Waals surface area contributed by atoms with E-state index >= 15 is 0 Å². The highest BCUT2D eigenvalue weighted by Crippen LogP contribution is 2.24. The van der Waals surface area contributed by atoms with E-state index in [1.165, 1.54) is 0 Å². The third kappa shape index (κ3) is 5.63. The van der Waals surface area contributed by atoms with Crippen LogP contribution in [0, 0.1) is 5.92 Å². The fraction of sp³-hybridized carbons (Fsp3) is 0.733. The van der Waals surface area contributed by atoms with Gasteiger partial charge in [-0.15, -0.1) is 0 Å². The summed E-state index contributed by atoms with van der Waals surface area (Å²) in [5.74, 6) is -0.614. The first kappa shape index (κ1) is 16.5. The Kier molecular flexibility index (Phi) is 5.60. The van der Waals surface area contributed by atoms with E-state index in [0.717, 1.165) is 19.3 Å². The van der Waals surface area contributed by atoms with Gasteiger partial charge in [0, 0.05) is 18.7 Å². The van der Waals surface area contributed by atoms with Crippen molar-refractivity contribution in [3.63, 3.8) is 0 Å². The first-order chi connectivity index (χ1) is 9.19. The Hall–Kier alpha value is -1.52. The van der Waals surface area contributed by atoms with Crippen molar-refractivity contribution in [1.29, 1.82) is 0 Å². The van der Waals surface area contributed by atoms with Crippen LogP contribution < -0.4 is 0 Å². The molecule has 0 aromatic carbocycles. The zero-order chi connectivity index (χ0) is 15.3. The van der Waals surface area contributed by atoms with Gasteiger partial charge in [-0.25, -0.2) is 9.59 Å². The van der Waals surface area contributed by atoms with Crippen LogP contribution in [0.1, 0.15) is 46.5 Å². The number of carbonyl (C=O) groups is 2. The summed E-state index contributed by atoms with van der Waals surface area (Å²) >= 11 is 0. The second-order valence-corrected chi connectivity index (χ2v) is 6.38. The van der Waals surface area contributed by atoms with Crippen LogP contribution in [-0.4, -0.2) is 40.8 Å². The summed E-state index contributed by atoms with van der Waals surface area (Å²) in [5.41, 5.74) is -0.249. The molecule has 1 rings (SSSR count). The van der Waals surface area contributed by atoms with Crippen LogP contribution in [-0.2, 0) is 9.53 Å². The molecule has 0 radical (unpaired) electrons. The summed E-state index contributed by atoms with van der Waals surface area (Å²) in [6, 6.07) is 0. The molecule has 0 aliphatic carbocycles. The van der Waals surface area contributed by atoms with Gasteiger partial charge in [-0.3, -0.25) is 0 Å². The van der Waals surface area contributed by atoms with Gasteiger partial charge in [0.15, 0.2) is 0 Å². The van der Waals surface area contributed by atoms with E-state index in [4.69, 9.17) is 9.84 Å². The normalized spacial score (nSPS) is 19.6. The number of carbonyl (C=O) groups excluding carboxylic acids is 1. The molecule has 20 heavy (non-hydrogen) atoms. The predicted molar refractivity (Wildman–Crippen MR) is 76.5 cm³/mol. The maximum Gasteiger partial charge on any atom is 0.410 e. The zero-order valence-electron chi connectivity index (χ0n) is 12.6. The predicted octanol–water partition coefficient (Wildman–Crippen LogP) is 3.05. The van der Waals surface area contributed by atoms with Gasteiger partial charge < -0.3 is 14.7 Å². The molecule has 1 amide bonds. The van der Waals surface area contributed by atoms with Crippen molar-refractivity contribution in [3.05, 3.63) is 12.2 Å². The molecular formula is C15H25NO4. The van der Waals surface area contributed by atoms with E-state index in [1.807, 2.05) is 20.8 Å². The molecule has 1 N–H and O–H groups in total. The van der Waals surface area contributed by atoms with Crippen LogP contribution in [0.5, 0.6) is 0 Å². The molecule has 0 aromatic rings. The topological polar surface area (TPSA) is 66.8 Å². The molecule has 1 atom stereocenters. The lowest BCUT2D eigenvalue weighted by molar-refractivity contribution is -0.132. The number of ether oxygens (including phenoxy) is 1. The third-order valence-corrected chi connectivity index (χ3v) is 3.33. The summed E-state index contributed by atoms with van der Waals surface area (Å²) in [5, 5.41) is 8.80. The van der Waals surface area contributed by atoms with E-state index in [0.29, 0.717) is 25.4 Å². The summed E-state index contributed by atoms with van der Waals surface area (Å²) in [6.45, 7) is 10.4. The highest BCUT2D eigenvalue weighted by molar-refractivity contribution is 5.85. The second kappa shape index (κ2) is 6.77. The minimum absolute atomic E-state index is 0.236. The number of piperidine rings is 1. The van der Waals surface area contributed by atoms with Gasteiger partial charge in [0.05, 0.1) is 0 Å². The SMILES string of the molecule is C=C(CCC1CCCN(C(=O)OC(C)(C)C)C1)C(=O)O. The molecule has 5 heteroatoms. The largest absolute Gasteiger partial charge is 0.478 e. The highest BCUT2D eigenvalue weighted by atomic mass is 16.6. The average molecular weight is 283 g/mol. The molecule has 0 spiro atoms. The van der Waals surface area contributed by atoms with Crippen molar-refractivity contribution >= 4 is 12.1 Å². The smallest absolute Gasteiger partial charge is 0.410 e. The maximum atomic E-state index is 12.0. The zero-order valence-corrected chi connectivity index (χ0v) is 12.6. The average Bonchev–Trinajstić information content (AvgIpc) is 2.34. The van der Waals surface area contributed by atoms with Crippen LogP contribution >= 0.6 is 0 Å². The Balaban J connectivity index is 2.44. The van der Waals surface area contributed by atoms with Crippen LogP contribution in [0.2, 0.25) is 0 Å². The number of hydrogen-bond donors (Lipinski definition) is 1. The lowest BCUT2D eigenvalue weighted by atomic mass is 9.92. The molecule has 114 valence electrons. The van der Waals surface area contributed by atoms with E-state index in [1.54, 1.807) is 4.90 Å². The first-order valence-corrected chi connectivity index (χ1v) is 7.08. The van der Waals surface area contributed by atoms with Crippen molar-refractivity contribution in [3.8, 4) is 0 Å². The summed E-state index contributed by atoms with van der Waals surface area (Å²) < 4.78 is 5.36. The Labute approximate surface area is 120 Å². The second-order valence-electron chi connectivity index (χ2n) is 6.38. The molecule has 1 unspecified atom stereocenters. The monoisotopic (exact) mass is 283 g/mol. The number of amides is 1. The van der Waals surface area contributed by atoms with Gasteiger partial charge in [0.1, 0.15) is 5.60 Å². The number of aliphatic carboxylic acids is 1. The van der Waals surface area contributed by atoms with Crippen molar-refractivity contribution in [1.82, 2.24) is 4.90 Å². The van der Waals surface area contributed by atoms with Crippen LogP contribution in [0.15, 0.2) is 12.2 Å². The third-order valence-electron chi connectivity index (χ3n) is 3.33. The van der Waals surface area contributed by atoms with Gasteiger partial charge in [-0.1, -0.05) is 6.58 Å². The molecule has 5 nitrogen and oxygen atoms in total. The molecule has 1 aliphatic rings. The number of carboxylic acids is 1. The van der Waals surface area contributed by atoms with Gasteiger partial charge in [-0.05, 0) is 52.4 Å². The Morgan fingerprint density at radius 3 is 2.60 bits per heavy atom. The van der Waals surface area contributed by atoms with Gasteiger partial charge >= 0.3 is 12.1 Å². The number of hydrogen-bond acceptors (Lipinski definition) is 3. The van der Waals surface area contributed by atoms with Crippen molar-refractivity contribution in [2.45, 2.75) is 52.1 Å². The first-order valence-electron chi connectivity index (χ1n) is 7.08. The van der Waals surface area contributed by atoms with Gasteiger partial charge in [0.2, 0.25) is 0 Å². The molecular weight excluding hydrogens is 258 g/mol. The quantitative estimate of drug-likeness (QED) is 0.805. The van der Waals surface area contributed by atoms with Crippen LogP contribution in [0.3, 0.4) is 0 Å². The van der Waals surface area contributed by atoms with Gasteiger partial charge in [-0.2, -0.15) is 0 Å². The fourth-order valence-corrected chi connectivity index (χ4v) is 2.28. The van der Waals surface area contributed by atoms with E-state index in [-0.39, 0.29) is 11.7 Å². The summed E-state index contributed by atoms with van der Waals surface area (Å²) in [6.07, 6.45) is 2.90. The Morgan fingerprint density at radius 1 is 1.40 bits per heavy atom. The lowest BCUT2D eigenvalue weighted by Gasteiger charge is -2.34. The van der Waals surface area contributed by atoms with Crippen molar-refractivity contribution in [2.24, 2.45) is 5.92 Å². The number of carboxylic acid groups (broad SMARTS) is 1. The lowest BCUT2D eigenvalue weighted by Crippen LogP contribution is -2.42. The molecule has 1 aliphatic heterocycles.